The lowest BCUT2D eigenvalue weighted by Crippen LogP contribution is -2.33. The number of carbonyl (C=O) groups is 1. The molecule has 2 amide bonds. The molecular weight excluding hydrogens is 380 g/mol. The fourth-order valence-electron chi connectivity index (χ4n) is 3.43. The maximum atomic E-state index is 12.6. The first-order valence-corrected chi connectivity index (χ1v) is 10.1. The van der Waals surface area contributed by atoms with Gasteiger partial charge < -0.3 is 24.5 Å². The van der Waals surface area contributed by atoms with Crippen molar-refractivity contribution in [1.29, 1.82) is 0 Å². The van der Waals surface area contributed by atoms with E-state index >= 15 is 0 Å². The van der Waals surface area contributed by atoms with Crippen LogP contribution in [0, 0.1) is 5.92 Å². The number of nitrogens with one attached hydrogen (secondary N) is 2. The molecule has 1 aliphatic rings. The zero-order valence-corrected chi connectivity index (χ0v) is 17.0. The Morgan fingerprint density at radius 3 is 2.63 bits per heavy atom. The monoisotopic (exact) mass is 406 g/mol. The molecule has 0 aliphatic heterocycles. The summed E-state index contributed by atoms with van der Waals surface area (Å²) in [5, 5.41) is 6.07. The van der Waals surface area contributed by atoms with Gasteiger partial charge in [0.15, 0.2) is 0 Å². The van der Waals surface area contributed by atoms with Crippen LogP contribution in [-0.4, -0.2) is 13.1 Å². The van der Waals surface area contributed by atoms with Crippen molar-refractivity contribution in [1.82, 2.24) is 5.32 Å². The van der Waals surface area contributed by atoms with E-state index in [0.717, 1.165) is 41.2 Å². The molecule has 1 fully saturated rings. The van der Waals surface area contributed by atoms with E-state index in [1.807, 2.05) is 60.7 Å². The number of anilines is 1. The van der Waals surface area contributed by atoms with Gasteiger partial charge in [-0.3, -0.25) is 0 Å². The van der Waals surface area contributed by atoms with Gasteiger partial charge >= 0.3 is 6.03 Å². The van der Waals surface area contributed by atoms with E-state index < -0.39 is 0 Å². The van der Waals surface area contributed by atoms with Crippen LogP contribution in [0.5, 0.6) is 5.75 Å². The molecule has 2 aromatic carbocycles. The molecule has 1 heterocycles. The summed E-state index contributed by atoms with van der Waals surface area (Å²) in [6.07, 6.45) is 3.88. The fourth-order valence-corrected chi connectivity index (χ4v) is 3.43. The molecule has 1 saturated carbocycles. The fraction of sp³-hybridized carbons (Fsp3) is 0.292. The van der Waals surface area contributed by atoms with E-state index in [-0.39, 0.29) is 12.1 Å². The lowest BCUT2D eigenvalue weighted by molar-refractivity contribution is 0.0930. The Bertz CT molecular complexity index is 950. The molecule has 0 saturated heterocycles. The molecule has 1 unspecified atom stereocenters. The number of urea groups is 1. The summed E-state index contributed by atoms with van der Waals surface area (Å²) in [7, 11) is 1.65. The number of furan rings is 1. The van der Waals surface area contributed by atoms with Gasteiger partial charge in [0.1, 0.15) is 18.1 Å². The second-order valence-electron chi connectivity index (χ2n) is 7.46. The van der Waals surface area contributed by atoms with E-state index in [1.54, 1.807) is 13.4 Å². The Labute approximate surface area is 176 Å². The molecule has 0 bridgehead atoms. The first-order valence-electron chi connectivity index (χ1n) is 10.1. The Hall–Kier alpha value is -3.25. The Morgan fingerprint density at radius 1 is 1.10 bits per heavy atom. The van der Waals surface area contributed by atoms with Crippen LogP contribution in [0.2, 0.25) is 0 Å². The third-order valence-corrected chi connectivity index (χ3v) is 5.13. The molecule has 1 atom stereocenters. The molecule has 1 aromatic heterocycles. The van der Waals surface area contributed by atoms with Crippen molar-refractivity contribution >= 4 is 11.7 Å². The average Bonchev–Trinajstić information content (AvgIpc) is 3.48. The van der Waals surface area contributed by atoms with E-state index in [2.05, 4.69) is 10.6 Å². The molecule has 2 N–H and O–H groups in total. The van der Waals surface area contributed by atoms with Crippen LogP contribution in [0.3, 0.4) is 0 Å². The van der Waals surface area contributed by atoms with Crippen molar-refractivity contribution < 1.29 is 18.7 Å². The minimum atomic E-state index is -0.212. The van der Waals surface area contributed by atoms with Crippen LogP contribution in [0.25, 0.3) is 0 Å². The quantitative estimate of drug-likeness (QED) is 0.507. The molecule has 30 heavy (non-hydrogen) atoms. The van der Waals surface area contributed by atoms with Crippen LogP contribution in [-0.2, 0) is 18.0 Å². The van der Waals surface area contributed by atoms with Gasteiger partial charge in [0.2, 0.25) is 0 Å². The van der Waals surface area contributed by atoms with Crippen LogP contribution in [0.4, 0.5) is 10.5 Å². The van der Waals surface area contributed by atoms with Gasteiger partial charge in [-0.15, -0.1) is 0 Å². The van der Waals surface area contributed by atoms with Crippen LogP contribution >= 0.6 is 0 Å². The van der Waals surface area contributed by atoms with Crippen molar-refractivity contribution in [2.45, 2.75) is 32.1 Å². The van der Waals surface area contributed by atoms with Crippen molar-refractivity contribution in [3.05, 3.63) is 83.8 Å². The van der Waals surface area contributed by atoms with E-state index in [9.17, 15) is 4.79 Å². The van der Waals surface area contributed by atoms with Gasteiger partial charge in [0.25, 0.3) is 0 Å². The van der Waals surface area contributed by atoms with Crippen LogP contribution in [0.1, 0.15) is 35.8 Å². The highest BCUT2D eigenvalue weighted by Gasteiger charge is 2.33. The number of benzene rings is 2. The zero-order chi connectivity index (χ0) is 20.8. The lowest BCUT2D eigenvalue weighted by Gasteiger charge is -2.19. The van der Waals surface area contributed by atoms with Crippen molar-refractivity contribution in [3.8, 4) is 5.75 Å². The highest BCUT2D eigenvalue weighted by molar-refractivity contribution is 5.89. The van der Waals surface area contributed by atoms with E-state index in [4.69, 9.17) is 13.9 Å². The summed E-state index contributed by atoms with van der Waals surface area (Å²) in [5.74, 6) is 2.07. The molecule has 4 rings (SSSR count). The summed E-state index contributed by atoms with van der Waals surface area (Å²) in [6, 6.07) is 19.0. The normalized spacial score (nSPS) is 14.2. The summed E-state index contributed by atoms with van der Waals surface area (Å²) in [4.78, 5) is 12.6. The maximum Gasteiger partial charge on any atom is 0.319 e. The topological polar surface area (TPSA) is 72.7 Å². The number of ether oxygens (including phenoxy) is 2. The predicted molar refractivity (Wildman–Crippen MR) is 114 cm³/mol. The lowest BCUT2D eigenvalue weighted by atomic mass is 10.0. The number of hydrogen-bond donors (Lipinski definition) is 2. The summed E-state index contributed by atoms with van der Waals surface area (Å²) >= 11 is 0. The zero-order valence-electron chi connectivity index (χ0n) is 17.0. The second-order valence-corrected chi connectivity index (χ2v) is 7.46. The second kappa shape index (κ2) is 9.50. The minimum Gasteiger partial charge on any atom is -0.497 e. The van der Waals surface area contributed by atoms with Gasteiger partial charge in [-0.05, 0) is 66.3 Å². The molecule has 156 valence electrons. The molecule has 3 aromatic rings. The molecule has 0 spiro atoms. The Morgan fingerprint density at radius 2 is 1.93 bits per heavy atom. The number of amides is 2. The van der Waals surface area contributed by atoms with Crippen LogP contribution < -0.4 is 15.4 Å². The highest BCUT2D eigenvalue weighted by Crippen LogP contribution is 2.41. The van der Waals surface area contributed by atoms with Gasteiger partial charge in [-0.2, -0.15) is 0 Å². The van der Waals surface area contributed by atoms with Crippen molar-refractivity contribution in [3.63, 3.8) is 0 Å². The number of hydrogen-bond acceptors (Lipinski definition) is 4. The third kappa shape index (κ3) is 5.42. The number of methoxy groups -OCH3 is 1. The number of carbonyl (C=O) groups excluding carboxylic acids is 1. The van der Waals surface area contributed by atoms with Gasteiger partial charge in [0, 0.05) is 5.69 Å². The summed E-state index contributed by atoms with van der Waals surface area (Å²) < 4.78 is 16.2. The van der Waals surface area contributed by atoms with E-state index in [0.29, 0.717) is 19.1 Å². The molecular formula is C24H26N2O4. The van der Waals surface area contributed by atoms with Gasteiger partial charge in [-0.1, -0.05) is 24.3 Å². The van der Waals surface area contributed by atoms with Crippen LogP contribution in [0.15, 0.2) is 71.3 Å². The van der Waals surface area contributed by atoms with Crippen molar-refractivity contribution in [2.24, 2.45) is 5.92 Å². The summed E-state index contributed by atoms with van der Waals surface area (Å²) in [5.41, 5.74) is 2.80. The van der Waals surface area contributed by atoms with E-state index in [1.165, 1.54) is 0 Å². The summed E-state index contributed by atoms with van der Waals surface area (Å²) in [6.45, 7) is 0.852. The SMILES string of the molecule is COc1ccc(C(NC(=O)Nc2cccc(COCc3ccco3)c2)C2CC2)cc1. The molecule has 0 radical (unpaired) electrons. The predicted octanol–water partition coefficient (Wildman–Crippen LogP) is 5.28. The molecule has 6 nitrogen and oxygen atoms in total. The Balaban J connectivity index is 1.33. The highest BCUT2D eigenvalue weighted by atomic mass is 16.5. The van der Waals surface area contributed by atoms with Gasteiger partial charge in [-0.25, -0.2) is 4.79 Å². The molecule has 6 heteroatoms. The average molecular weight is 406 g/mol. The third-order valence-electron chi connectivity index (χ3n) is 5.13. The maximum absolute atomic E-state index is 12.6. The first-order chi connectivity index (χ1) is 14.7. The minimum absolute atomic E-state index is 0.00396. The first kappa shape index (κ1) is 20.0. The standard InChI is InChI=1S/C24H26N2O4/c1-28-21-11-9-19(10-12-21)23(18-7-8-18)26-24(27)25-20-5-2-4-17(14-20)15-29-16-22-6-3-13-30-22/h2-6,9-14,18,23H,7-8,15-16H2,1H3,(H2,25,26,27). The number of rotatable bonds is 9. The van der Waals surface area contributed by atoms with Gasteiger partial charge in [0.05, 0.1) is 26.0 Å². The largest absolute Gasteiger partial charge is 0.497 e. The molecule has 1 aliphatic carbocycles. The smallest absolute Gasteiger partial charge is 0.319 e. The Kier molecular flexibility index (Phi) is 6.35. The van der Waals surface area contributed by atoms with Crippen molar-refractivity contribution in [2.75, 3.05) is 12.4 Å².